The van der Waals surface area contributed by atoms with Gasteiger partial charge in [-0.1, -0.05) is 48.0 Å². The van der Waals surface area contributed by atoms with Crippen LogP contribution in [0.25, 0.3) is 0 Å². The molecule has 1 spiro atoms. The van der Waals surface area contributed by atoms with E-state index < -0.39 is 0 Å². The Morgan fingerprint density at radius 1 is 0.529 bits per heavy atom. The van der Waals surface area contributed by atoms with Gasteiger partial charge in [-0.3, -0.25) is 0 Å². The molecule has 2 aliphatic carbocycles. The van der Waals surface area contributed by atoms with Gasteiger partial charge in [0, 0.05) is 0 Å². The van der Waals surface area contributed by atoms with Crippen LogP contribution in [0.3, 0.4) is 0 Å². The van der Waals surface area contributed by atoms with Gasteiger partial charge in [-0.2, -0.15) is 0 Å². The molecule has 2 saturated carbocycles. The van der Waals surface area contributed by atoms with Gasteiger partial charge < -0.3 is 0 Å². The molecule has 2 rings (SSSR count). The molecule has 0 N–H and O–H groups in total. The molecule has 100 valence electrons. The third-order valence-electron chi connectivity index (χ3n) is 5.08. The van der Waals surface area contributed by atoms with Crippen LogP contribution in [-0.4, -0.2) is 0 Å². The minimum atomic E-state index is 0.551. The Balaban J connectivity index is 2.24. The molecule has 0 aliphatic heterocycles. The minimum absolute atomic E-state index is 0.551. The molecule has 0 heterocycles. The summed E-state index contributed by atoms with van der Waals surface area (Å²) in [6.45, 7) is 15.0. The summed E-state index contributed by atoms with van der Waals surface area (Å²) >= 11 is 0. The van der Waals surface area contributed by atoms with Gasteiger partial charge in [-0.05, 0) is 60.2 Å². The molecule has 0 amide bonds. The zero-order valence-corrected chi connectivity index (χ0v) is 12.9. The molecule has 0 aromatic rings. The van der Waals surface area contributed by atoms with Gasteiger partial charge in [-0.15, -0.1) is 0 Å². The Kier molecular flexibility index (Phi) is 2.96. The second-order valence-corrected chi connectivity index (χ2v) is 9.55. The topological polar surface area (TPSA) is 0 Å². The first-order valence-corrected chi connectivity index (χ1v) is 7.54. The molecule has 0 unspecified atom stereocenters. The maximum absolute atomic E-state index is 2.50. The zero-order chi connectivity index (χ0) is 12.9. The highest BCUT2D eigenvalue weighted by Crippen LogP contribution is 2.61. The normalized spacial score (nSPS) is 33.5. The molecule has 0 heteroatoms. The smallest absolute Gasteiger partial charge is 0.0282 e. The summed E-state index contributed by atoms with van der Waals surface area (Å²) < 4.78 is 0. The second kappa shape index (κ2) is 3.75. The van der Waals surface area contributed by atoms with Gasteiger partial charge >= 0.3 is 0 Å². The first-order valence-electron chi connectivity index (χ1n) is 7.54. The monoisotopic (exact) mass is 236 g/mol. The predicted molar refractivity (Wildman–Crippen MR) is 76.1 cm³/mol. The van der Waals surface area contributed by atoms with Gasteiger partial charge in [0.2, 0.25) is 0 Å². The molecule has 0 saturated heterocycles. The third-order valence-corrected chi connectivity index (χ3v) is 5.08. The van der Waals surface area contributed by atoms with Crippen molar-refractivity contribution in [2.75, 3.05) is 0 Å². The summed E-state index contributed by atoms with van der Waals surface area (Å²) in [5.74, 6) is 0. The highest BCUT2D eigenvalue weighted by molar-refractivity contribution is 5.01. The van der Waals surface area contributed by atoms with E-state index in [4.69, 9.17) is 0 Å². The van der Waals surface area contributed by atoms with Crippen LogP contribution in [-0.2, 0) is 0 Å². The van der Waals surface area contributed by atoms with Crippen molar-refractivity contribution < 1.29 is 0 Å². The van der Waals surface area contributed by atoms with Crippen molar-refractivity contribution >= 4 is 0 Å². The Morgan fingerprint density at radius 3 is 1.47 bits per heavy atom. The summed E-state index contributed by atoms with van der Waals surface area (Å²) in [5, 5.41) is 0. The predicted octanol–water partition coefficient (Wildman–Crippen LogP) is 5.81. The number of hydrogen-bond donors (Lipinski definition) is 0. The van der Waals surface area contributed by atoms with E-state index in [0.29, 0.717) is 21.7 Å². The molecule has 0 aromatic carbocycles. The molecule has 0 bridgehead atoms. The molecular formula is C17H32. The second-order valence-electron chi connectivity index (χ2n) is 9.55. The van der Waals surface area contributed by atoms with E-state index in [0.717, 1.165) is 0 Å². The van der Waals surface area contributed by atoms with Gasteiger partial charge in [0.05, 0.1) is 0 Å². The van der Waals surface area contributed by atoms with Gasteiger partial charge in [0.15, 0.2) is 0 Å². The third kappa shape index (κ3) is 3.06. The summed E-state index contributed by atoms with van der Waals surface area (Å²) in [4.78, 5) is 0. The zero-order valence-electron chi connectivity index (χ0n) is 12.9. The van der Waals surface area contributed by atoms with Gasteiger partial charge in [-0.25, -0.2) is 0 Å². The lowest BCUT2D eigenvalue weighted by Gasteiger charge is -2.56. The SMILES string of the molecule is CC1(C)CCCC2(C1)CC(C)(C)CC(C)(C)C2. The summed E-state index contributed by atoms with van der Waals surface area (Å²) in [6, 6.07) is 0. The van der Waals surface area contributed by atoms with Crippen molar-refractivity contribution in [3.63, 3.8) is 0 Å². The highest BCUT2D eigenvalue weighted by atomic mass is 14.5. The maximum Gasteiger partial charge on any atom is -0.0282 e. The van der Waals surface area contributed by atoms with Crippen molar-refractivity contribution in [1.29, 1.82) is 0 Å². The largest absolute Gasteiger partial charge is 0.0599 e. The van der Waals surface area contributed by atoms with E-state index in [1.807, 2.05) is 0 Å². The molecule has 0 nitrogen and oxygen atoms in total. The van der Waals surface area contributed by atoms with Crippen molar-refractivity contribution in [3.05, 3.63) is 0 Å². The average Bonchev–Trinajstić information content (AvgIpc) is 1.91. The number of rotatable bonds is 0. The van der Waals surface area contributed by atoms with E-state index in [9.17, 15) is 0 Å². The average molecular weight is 236 g/mol. The van der Waals surface area contributed by atoms with Crippen molar-refractivity contribution in [2.24, 2.45) is 21.7 Å². The quantitative estimate of drug-likeness (QED) is 0.498. The maximum atomic E-state index is 2.50. The van der Waals surface area contributed by atoms with E-state index in [1.54, 1.807) is 0 Å². The van der Waals surface area contributed by atoms with Crippen LogP contribution in [0.15, 0.2) is 0 Å². The molecule has 0 atom stereocenters. The molecule has 0 aromatic heterocycles. The lowest BCUT2D eigenvalue weighted by Crippen LogP contribution is -2.45. The first-order chi connectivity index (χ1) is 7.54. The summed E-state index contributed by atoms with van der Waals surface area (Å²) in [6.07, 6.45) is 10.2. The van der Waals surface area contributed by atoms with Crippen LogP contribution >= 0.6 is 0 Å². The lowest BCUT2D eigenvalue weighted by molar-refractivity contribution is -0.0542. The van der Waals surface area contributed by atoms with Gasteiger partial charge in [0.1, 0.15) is 0 Å². The van der Waals surface area contributed by atoms with Crippen LogP contribution < -0.4 is 0 Å². The van der Waals surface area contributed by atoms with Crippen molar-refractivity contribution in [1.82, 2.24) is 0 Å². The Morgan fingerprint density at radius 2 is 1.00 bits per heavy atom. The fourth-order valence-electron chi connectivity index (χ4n) is 5.95. The van der Waals surface area contributed by atoms with Crippen LogP contribution in [0.1, 0.15) is 86.5 Å². The van der Waals surface area contributed by atoms with E-state index in [-0.39, 0.29) is 0 Å². The minimum Gasteiger partial charge on any atom is -0.0599 e. The Hall–Kier alpha value is 0. The molecular weight excluding hydrogens is 204 g/mol. The van der Waals surface area contributed by atoms with Crippen LogP contribution in [0.4, 0.5) is 0 Å². The highest BCUT2D eigenvalue weighted by Gasteiger charge is 2.50. The summed E-state index contributed by atoms with van der Waals surface area (Å²) in [5.41, 5.74) is 2.35. The Bertz CT molecular complexity index is 272. The fraction of sp³-hybridized carbons (Fsp3) is 1.00. The van der Waals surface area contributed by atoms with E-state index in [2.05, 4.69) is 41.5 Å². The lowest BCUT2D eigenvalue weighted by atomic mass is 9.49. The number of hydrogen-bond acceptors (Lipinski definition) is 0. The fourth-order valence-corrected chi connectivity index (χ4v) is 5.95. The molecule has 17 heavy (non-hydrogen) atoms. The molecule has 0 radical (unpaired) electrons. The van der Waals surface area contributed by atoms with Crippen LogP contribution in [0.5, 0.6) is 0 Å². The van der Waals surface area contributed by atoms with E-state index >= 15 is 0 Å². The molecule has 2 fully saturated rings. The van der Waals surface area contributed by atoms with E-state index in [1.165, 1.54) is 44.9 Å². The van der Waals surface area contributed by atoms with Crippen LogP contribution in [0, 0.1) is 21.7 Å². The van der Waals surface area contributed by atoms with Crippen LogP contribution in [0.2, 0.25) is 0 Å². The van der Waals surface area contributed by atoms with Crippen molar-refractivity contribution in [3.8, 4) is 0 Å². The van der Waals surface area contributed by atoms with Gasteiger partial charge in [0.25, 0.3) is 0 Å². The standard InChI is InChI=1S/C17H32/c1-14(2)8-7-9-17(11-14)12-15(3,4)10-16(5,6)13-17/h7-13H2,1-6H3. The summed E-state index contributed by atoms with van der Waals surface area (Å²) in [7, 11) is 0. The first kappa shape index (κ1) is 13.4. The van der Waals surface area contributed by atoms with Crippen molar-refractivity contribution in [2.45, 2.75) is 86.5 Å². The Labute approximate surface area is 109 Å². The molecule has 2 aliphatic rings.